The predicted octanol–water partition coefficient (Wildman–Crippen LogP) is 0.993. The number of rotatable bonds is 5. The number of cyclic esters (lactones) is 1. The second-order valence-electron chi connectivity index (χ2n) is 8.11. The Labute approximate surface area is 203 Å². The topological polar surface area (TPSA) is 69.4 Å². The van der Waals surface area contributed by atoms with Crippen molar-refractivity contribution in [3.63, 3.8) is 0 Å². The van der Waals surface area contributed by atoms with Crippen molar-refractivity contribution in [2.45, 2.75) is 31.1 Å². The highest BCUT2D eigenvalue weighted by Gasteiger charge is 2.63. The van der Waals surface area contributed by atoms with E-state index >= 15 is 0 Å². The molecule has 0 radical (unpaired) electrons. The van der Waals surface area contributed by atoms with Crippen molar-refractivity contribution in [3.8, 4) is 0 Å². The van der Waals surface area contributed by atoms with Crippen LogP contribution < -0.4 is 32.9 Å². The van der Waals surface area contributed by atoms with Gasteiger partial charge in [0.1, 0.15) is 15.9 Å². The minimum absolute atomic E-state index is 0. The summed E-state index contributed by atoms with van der Waals surface area (Å²) in [4.78, 5) is 24.9. The normalized spacial score (nSPS) is 19.9. The molecule has 7 heteroatoms. The molecular weight excluding hydrogens is 501 g/mol. The number of ether oxygens (including phenoxy) is 1. The van der Waals surface area contributed by atoms with Crippen molar-refractivity contribution < 1.29 is 31.4 Å². The van der Waals surface area contributed by atoms with Gasteiger partial charge in [0, 0.05) is 11.3 Å². The molecule has 3 aromatic carbocycles. The van der Waals surface area contributed by atoms with Gasteiger partial charge in [0.05, 0.1) is 11.1 Å². The molecule has 2 unspecified atom stereocenters. The molecule has 0 aromatic heterocycles. The van der Waals surface area contributed by atoms with E-state index in [9.17, 15) is 14.9 Å². The summed E-state index contributed by atoms with van der Waals surface area (Å²) >= 11 is 0. The van der Waals surface area contributed by atoms with Gasteiger partial charge in [-0.3, -0.25) is 10.1 Å². The summed E-state index contributed by atoms with van der Waals surface area (Å²) in [6.07, 6.45) is 1.59. The number of carbonyl (C=O) groups is 1. The highest BCUT2D eigenvalue weighted by molar-refractivity contribution is 7.96. The quantitative estimate of drug-likeness (QED) is 0.216. The molecule has 1 aliphatic heterocycles. The van der Waals surface area contributed by atoms with Gasteiger partial charge in [-0.1, -0.05) is 54.6 Å². The van der Waals surface area contributed by atoms with Crippen molar-refractivity contribution in [2.24, 2.45) is 0 Å². The molecule has 5 rings (SSSR count). The molecule has 168 valence electrons. The molecular formula is C26H23BrNO4P. The van der Waals surface area contributed by atoms with Gasteiger partial charge in [0.2, 0.25) is 6.04 Å². The summed E-state index contributed by atoms with van der Waals surface area (Å²) in [7, 11) is -2.61. The van der Waals surface area contributed by atoms with Crippen LogP contribution in [-0.4, -0.2) is 22.8 Å². The Hall–Kier alpha value is -2.82. The number of esters is 1. The van der Waals surface area contributed by atoms with Gasteiger partial charge in [-0.25, -0.2) is 4.79 Å². The van der Waals surface area contributed by atoms with Crippen LogP contribution >= 0.6 is 7.26 Å². The Morgan fingerprint density at radius 3 is 1.70 bits per heavy atom. The van der Waals surface area contributed by atoms with Crippen LogP contribution in [0.15, 0.2) is 102 Å². The van der Waals surface area contributed by atoms with Gasteiger partial charge in [0.25, 0.3) is 5.85 Å². The summed E-state index contributed by atoms with van der Waals surface area (Å²) in [6.45, 7) is 0. The smallest absolute Gasteiger partial charge is 0.337 e. The van der Waals surface area contributed by atoms with Gasteiger partial charge < -0.3 is 21.7 Å². The Balaban J connectivity index is 0.00000259. The van der Waals surface area contributed by atoms with Crippen molar-refractivity contribution in [2.75, 3.05) is 0 Å². The summed E-state index contributed by atoms with van der Waals surface area (Å²) < 4.78 is 6.15. The third-order valence-electron chi connectivity index (χ3n) is 6.44. The number of hydrogen-bond acceptors (Lipinski definition) is 4. The van der Waals surface area contributed by atoms with Gasteiger partial charge in [0.15, 0.2) is 7.26 Å². The second-order valence-corrected chi connectivity index (χ2v) is 11.6. The molecule has 0 bridgehead atoms. The fourth-order valence-electron chi connectivity index (χ4n) is 5.09. The summed E-state index contributed by atoms with van der Waals surface area (Å²) in [5.74, 6) is -1.09. The first-order valence-corrected chi connectivity index (χ1v) is 12.6. The maximum Gasteiger partial charge on any atom is 0.337 e. The van der Waals surface area contributed by atoms with Crippen LogP contribution in [-0.2, 0) is 9.53 Å². The lowest BCUT2D eigenvalue weighted by Crippen LogP contribution is -3.00. The summed E-state index contributed by atoms with van der Waals surface area (Å²) in [6, 6.07) is 29.2. The number of benzene rings is 3. The molecule has 0 N–H and O–H groups in total. The molecule has 0 amide bonds. The van der Waals surface area contributed by atoms with Crippen molar-refractivity contribution in [1.82, 2.24) is 0 Å². The first-order chi connectivity index (χ1) is 15.6. The van der Waals surface area contributed by atoms with E-state index in [1.165, 1.54) is 0 Å². The van der Waals surface area contributed by atoms with Gasteiger partial charge in [-0.15, -0.1) is 0 Å². The van der Waals surface area contributed by atoms with E-state index in [1.807, 2.05) is 54.6 Å². The van der Waals surface area contributed by atoms with Crippen LogP contribution in [0.25, 0.3) is 0 Å². The Morgan fingerprint density at radius 2 is 1.27 bits per heavy atom. The zero-order valence-electron chi connectivity index (χ0n) is 17.8. The Kier molecular flexibility index (Phi) is 6.78. The lowest BCUT2D eigenvalue weighted by Gasteiger charge is -2.33. The van der Waals surface area contributed by atoms with Crippen molar-refractivity contribution in [1.29, 1.82) is 0 Å². The number of halogens is 1. The zero-order chi connectivity index (χ0) is 22.1. The fraction of sp³-hybridized carbons (Fsp3) is 0.192. The molecule has 0 saturated carbocycles. The largest absolute Gasteiger partial charge is 1.00 e. The molecule has 0 saturated heterocycles. The predicted molar refractivity (Wildman–Crippen MR) is 127 cm³/mol. The summed E-state index contributed by atoms with van der Waals surface area (Å²) in [5.41, 5.74) is 1.09. The van der Waals surface area contributed by atoms with E-state index in [0.717, 1.165) is 15.9 Å². The van der Waals surface area contributed by atoms with Crippen LogP contribution in [0.3, 0.4) is 0 Å². The number of carbonyl (C=O) groups excluding carboxylic acids is 1. The lowest BCUT2D eigenvalue weighted by atomic mass is 9.89. The van der Waals surface area contributed by atoms with E-state index in [4.69, 9.17) is 4.74 Å². The van der Waals surface area contributed by atoms with E-state index in [2.05, 4.69) is 36.4 Å². The van der Waals surface area contributed by atoms with E-state index in [0.29, 0.717) is 30.4 Å². The number of nitro groups is 1. The minimum atomic E-state index is -2.61. The third kappa shape index (κ3) is 3.81. The van der Waals surface area contributed by atoms with Crippen molar-refractivity contribution in [3.05, 3.63) is 112 Å². The number of nitrogens with zero attached hydrogens (tertiary/aromatic N) is 1. The minimum Gasteiger partial charge on any atom is -1.00 e. The molecule has 2 atom stereocenters. The first kappa shape index (κ1) is 23.3. The molecule has 5 nitrogen and oxygen atoms in total. The van der Waals surface area contributed by atoms with Gasteiger partial charge in [-0.2, -0.15) is 0 Å². The summed E-state index contributed by atoms with van der Waals surface area (Å²) in [5, 5.41) is 15.2. The lowest BCUT2D eigenvalue weighted by molar-refractivity contribution is -0.514. The molecule has 3 aromatic rings. The maximum absolute atomic E-state index is 13.0. The highest BCUT2D eigenvalue weighted by Crippen LogP contribution is 2.65. The van der Waals surface area contributed by atoms with Crippen LogP contribution in [0, 0.1) is 10.1 Å². The fourth-order valence-corrected chi connectivity index (χ4v) is 9.73. The van der Waals surface area contributed by atoms with E-state index < -0.39 is 25.1 Å². The molecule has 0 spiro atoms. The third-order valence-corrected chi connectivity index (χ3v) is 10.9. The maximum atomic E-state index is 13.0. The average molecular weight is 524 g/mol. The molecule has 1 heterocycles. The van der Waals surface area contributed by atoms with Gasteiger partial charge >= 0.3 is 5.97 Å². The zero-order valence-corrected chi connectivity index (χ0v) is 20.3. The van der Waals surface area contributed by atoms with E-state index in [1.54, 1.807) is 0 Å². The van der Waals surface area contributed by atoms with Crippen LogP contribution in [0.2, 0.25) is 0 Å². The average Bonchev–Trinajstić information content (AvgIpc) is 3.18. The molecule has 2 aliphatic rings. The monoisotopic (exact) mass is 523 g/mol. The standard InChI is InChI=1S/C26H23NO4P.BrH/c28-25-22-17-10-18-23(27(29)30)24(22)26(31-25)32(19-11-4-1-5-12-19,20-13-6-2-7-14-20)21-15-8-3-9-16-21;/h1-9,11-16,23,26H,10,17-18H2;1H/q+1;/p-1. The van der Waals surface area contributed by atoms with Crippen LogP contribution in [0.5, 0.6) is 0 Å². The Bertz CT molecular complexity index is 1090. The highest BCUT2D eigenvalue weighted by atomic mass is 79.9. The number of hydrogen-bond donors (Lipinski definition) is 0. The first-order valence-electron chi connectivity index (χ1n) is 10.8. The molecule has 0 fully saturated rings. The van der Waals surface area contributed by atoms with E-state index in [-0.39, 0.29) is 21.9 Å². The molecule has 1 aliphatic carbocycles. The van der Waals surface area contributed by atoms with Crippen LogP contribution in [0.1, 0.15) is 19.3 Å². The van der Waals surface area contributed by atoms with Crippen molar-refractivity contribution >= 4 is 29.1 Å². The van der Waals surface area contributed by atoms with Crippen LogP contribution in [0.4, 0.5) is 0 Å². The second kappa shape index (κ2) is 9.58. The SMILES string of the molecule is O=C1OC([P+](c2ccccc2)(c2ccccc2)c2ccccc2)C2=C1CCCC2[N+](=O)[O-].[Br-]. The Morgan fingerprint density at radius 1 is 0.818 bits per heavy atom. The van der Waals surface area contributed by atoms with Gasteiger partial charge in [-0.05, 0) is 49.2 Å². The molecule has 33 heavy (non-hydrogen) atoms.